The number of primary amides is 1. The first kappa shape index (κ1) is 12.9. The summed E-state index contributed by atoms with van der Waals surface area (Å²) >= 11 is 0.832. The molecule has 0 atom stereocenters. The molecule has 5 nitrogen and oxygen atoms in total. The zero-order valence-corrected chi connectivity index (χ0v) is 9.61. The van der Waals surface area contributed by atoms with Crippen LogP contribution in [0.1, 0.15) is 10.4 Å². The van der Waals surface area contributed by atoms with E-state index < -0.39 is 11.6 Å². The molecule has 1 aromatic carbocycles. The zero-order valence-electron chi connectivity index (χ0n) is 8.79. The minimum atomic E-state index is -0.896. The van der Waals surface area contributed by atoms with Gasteiger partial charge in [0.2, 0.25) is 5.71 Å². The average molecular weight is 247 g/mol. The highest BCUT2D eigenvalue weighted by Gasteiger charge is 2.07. The molecular weight excluding hydrogens is 238 g/mol. The number of carbonyl (C=O) groups is 2. The fourth-order valence-corrected chi connectivity index (χ4v) is 1.59. The average Bonchev–Trinajstić information content (AvgIpc) is 2.35. The van der Waals surface area contributed by atoms with Crippen LogP contribution in [0.25, 0.3) is 0 Å². The Morgan fingerprint density at radius 2 is 2.00 bits per heavy atom. The van der Waals surface area contributed by atoms with E-state index in [0.717, 1.165) is 11.9 Å². The van der Waals surface area contributed by atoms with Crippen LogP contribution in [0.4, 0.5) is 0 Å². The van der Waals surface area contributed by atoms with Crippen LogP contribution in [-0.4, -0.2) is 23.2 Å². The van der Waals surface area contributed by atoms with Crippen molar-refractivity contribution in [2.45, 2.75) is 0 Å². The largest absolute Gasteiger partial charge is 0.364 e. The van der Waals surface area contributed by atoms with Gasteiger partial charge in [-0.05, 0) is 11.9 Å². The molecule has 2 N–H and O–H groups in total. The van der Waals surface area contributed by atoms with Crippen LogP contribution in [0, 0.1) is 11.3 Å². The molecule has 0 aliphatic rings. The molecule has 0 fully saturated rings. The lowest BCUT2D eigenvalue weighted by Gasteiger charge is -1.97. The van der Waals surface area contributed by atoms with Crippen LogP contribution < -0.4 is 5.73 Å². The topological polar surface area (TPSA) is 96.3 Å². The lowest BCUT2D eigenvalue weighted by atomic mass is 10.2. The van der Waals surface area contributed by atoms with E-state index in [4.69, 9.17) is 11.0 Å². The number of nitriles is 1. The predicted molar refractivity (Wildman–Crippen MR) is 65.5 cm³/mol. The van der Waals surface area contributed by atoms with Gasteiger partial charge in [-0.25, -0.2) is 0 Å². The van der Waals surface area contributed by atoms with Crippen molar-refractivity contribution >= 4 is 29.4 Å². The van der Waals surface area contributed by atoms with Gasteiger partial charge < -0.3 is 5.73 Å². The van der Waals surface area contributed by atoms with Gasteiger partial charge in [0.25, 0.3) is 5.91 Å². The van der Waals surface area contributed by atoms with Crippen LogP contribution in [-0.2, 0) is 4.79 Å². The van der Waals surface area contributed by atoms with E-state index >= 15 is 0 Å². The van der Waals surface area contributed by atoms with E-state index in [9.17, 15) is 9.59 Å². The quantitative estimate of drug-likeness (QED) is 0.476. The third kappa shape index (κ3) is 4.09. The van der Waals surface area contributed by atoms with Gasteiger partial charge in [0.1, 0.15) is 6.07 Å². The van der Waals surface area contributed by atoms with Crippen molar-refractivity contribution in [2.24, 2.45) is 10.1 Å². The molecule has 0 radical (unpaired) electrons. The van der Waals surface area contributed by atoms with Crippen LogP contribution >= 0.6 is 11.9 Å². The first-order valence-corrected chi connectivity index (χ1v) is 5.57. The maximum absolute atomic E-state index is 11.6. The van der Waals surface area contributed by atoms with Gasteiger partial charge >= 0.3 is 0 Å². The number of nitrogens with zero attached hydrogens (tertiary/aromatic N) is 2. The van der Waals surface area contributed by atoms with Gasteiger partial charge in [0.05, 0.1) is 5.75 Å². The van der Waals surface area contributed by atoms with Crippen molar-refractivity contribution in [3.63, 3.8) is 0 Å². The Kier molecular flexibility index (Phi) is 4.91. The van der Waals surface area contributed by atoms with Crippen LogP contribution in [0.15, 0.2) is 34.7 Å². The highest BCUT2D eigenvalue weighted by atomic mass is 32.2. The molecule has 1 rings (SSSR count). The SMILES string of the molecule is N#C/C(=N\SCC(=O)c1ccccc1)C(N)=O. The normalized spacial score (nSPS) is 10.6. The molecule has 0 heterocycles. The smallest absolute Gasteiger partial charge is 0.278 e. The van der Waals surface area contributed by atoms with Crippen molar-refractivity contribution in [1.29, 1.82) is 5.26 Å². The fraction of sp³-hybridized carbons (Fsp3) is 0.0909. The van der Waals surface area contributed by atoms with Crippen molar-refractivity contribution in [1.82, 2.24) is 0 Å². The second kappa shape index (κ2) is 6.45. The number of Topliss-reactive ketones (excluding diaryl/α,β-unsaturated/α-hetero) is 1. The van der Waals surface area contributed by atoms with Crippen molar-refractivity contribution in [3.05, 3.63) is 35.9 Å². The Morgan fingerprint density at radius 1 is 1.35 bits per heavy atom. The molecule has 86 valence electrons. The van der Waals surface area contributed by atoms with E-state index in [1.807, 2.05) is 6.07 Å². The number of hydrogen-bond donors (Lipinski definition) is 1. The van der Waals surface area contributed by atoms with Gasteiger partial charge in [-0.1, -0.05) is 30.3 Å². The molecule has 0 bridgehead atoms. The highest BCUT2D eigenvalue weighted by molar-refractivity contribution is 7.98. The Bertz CT molecular complexity index is 491. The highest BCUT2D eigenvalue weighted by Crippen LogP contribution is 2.08. The van der Waals surface area contributed by atoms with Crippen LogP contribution in [0.5, 0.6) is 0 Å². The first-order chi connectivity index (χ1) is 8.15. The van der Waals surface area contributed by atoms with E-state index in [1.54, 1.807) is 30.3 Å². The first-order valence-electron chi connectivity index (χ1n) is 4.63. The molecule has 0 unspecified atom stereocenters. The molecule has 17 heavy (non-hydrogen) atoms. The molecule has 0 spiro atoms. The molecule has 1 aromatic rings. The summed E-state index contributed by atoms with van der Waals surface area (Å²) in [5.41, 5.74) is 5.05. The number of nitrogens with two attached hydrogens (primary N) is 1. The minimum Gasteiger partial charge on any atom is -0.364 e. The van der Waals surface area contributed by atoms with Crippen molar-refractivity contribution in [2.75, 3.05) is 5.75 Å². The lowest BCUT2D eigenvalue weighted by Crippen LogP contribution is -2.21. The third-order valence-electron chi connectivity index (χ3n) is 1.79. The Morgan fingerprint density at radius 3 is 2.53 bits per heavy atom. The number of ketones is 1. The van der Waals surface area contributed by atoms with E-state index in [-0.39, 0.29) is 11.5 Å². The van der Waals surface area contributed by atoms with Crippen molar-refractivity contribution in [3.8, 4) is 6.07 Å². The number of rotatable bonds is 5. The number of hydrogen-bond acceptors (Lipinski definition) is 5. The number of carbonyl (C=O) groups excluding carboxylic acids is 2. The maximum Gasteiger partial charge on any atom is 0.278 e. The summed E-state index contributed by atoms with van der Waals surface area (Å²) in [5, 5.41) is 8.50. The molecule has 0 saturated carbocycles. The molecule has 0 aliphatic carbocycles. The fourth-order valence-electron chi connectivity index (χ4n) is 0.983. The lowest BCUT2D eigenvalue weighted by molar-refractivity contribution is -0.111. The summed E-state index contributed by atoms with van der Waals surface area (Å²) in [5.74, 6) is -0.962. The molecule has 0 aliphatic heterocycles. The summed E-state index contributed by atoms with van der Waals surface area (Å²) in [4.78, 5) is 22.2. The number of amides is 1. The van der Waals surface area contributed by atoms with Gasteiger partial charge in [-0.15, -0.1) is 0 Å². The second-order valence-electron chi connectivity index (χ2n) is 2.98. The number of benzene rings is 1. The zero-order chi connectivity index (χ0) is 12.7. The molecule has 0 aromatic heterocycles. The molecule has 0 saturated heterocycles. The standard InChI is InChI=1S/C11H9N3O2S/c12-6-9(11(13)16)14-17-7-10(15)8-4-2-1-3-5-8/h1-5H,7H2,(H2,13,16)/b14-9+. The van der Waals surface area contributed by atoms with Gasteiger partial charge in [0, 0.05) is 5.56 Å². The van der Waals surface area contributed by atoms with E-state index in [1.165, 1.54) is 0 Å². The minimum absolute atomic E-state index is 0.0580. The summed E-state index contributed by atoms with van der Waals surface area (Å²) < 4.78 is 3.58. The summed E-state index contributed by atoms with van der Waals surface area (Å²) in [7, 11) is 0. The Balaban J connectivity index is 2.56. The predicted octanol–water partition coefficient (Wildman–Crippen LogP) is 0.967. The maximum atomic E-state index is 11.6. The van der Waals surface area contributed by atoms with Gasteiger partial charge in [-0.2, -0.15) is 9.66 Å². The van der Waals surface area contributed by atoms with Crippen LogP contribution in [0.2, 0.25) is 0 Å². The monoisotopic (exact) mass is 247 g/mol. The Labute approximate surface area is 102 Å². The molecule has 1 amide bonds. The summed E-state index contributed by atoms with van der Waals surface area (Å²) in [6.45, 7) is 0. The van der Waals surface area contributed by atoms with Crippen LogP contribution in [0.3, 0.4) is 0 Å². The molecular formula is C11H9N3O2S. The summed E-state index contributed by atoms with van der Waals surface area (Å²) in [6, 6.07) is 10.3. The third-order valence-corrected chi connectivity index (χ3v) is 2.49. The summed E-state index contributed by atoms with van der Waals surface area (Å²) in [6.07, 6.45) is 0. The van der Waals surface area contributed by atoms with Gasteiger partial charge in [0.15, 0.2) is 5.78 Å². The van der Waals surface area contributed by atoms with E-state index in [2.05, 4.69) is 4.40 Å². The van der Waals surface area contributed by atoms with Gasteiger partial charge in [-0.3, -0.25) is 9.59 Å². The molecule has 6 heteroatoms. The van der Waals surface area contributed by atoms with Crippen molar-refractivity contribution < 1.29 is 9.59 Å². The Hall–Kier alpha value is -2.13. The van der Waals surface area contributed by atoms with E-state index in [0.29, 0.717) is 5.56 Å². The second-order valence-corrected chi connectivity index (χ2v) is 3.71.